The lowest BCUT2D eigenvalue weighted by molar-refractivity contribution is 0.132. The van der Waals surface area contributed by atoms with Crippen molar-refractivity contribution in [2.75, 3.05) is 38.0 Å². The molecule has 0 unspecified atom stereocenters. The van der Waals surface area contributed by atoms with E-state index in [0.29, 0.717) is 5.95 Å². The summed E-state index contributed by atoms with van der Waals surface area (Å²) in [5.74, 6) is 1.41. The lowest BCUT2D eigenvalue weighted by Gasteiger charge is -2.34. The van der Waals surface area contributed by atoms with Crippen molar-refractivity contribution in [1.29, 1.82) is 0 Å². The number of anilines is 2. The number of nitrogens with zero attached hydrogens (tertiary/aromatic N) is 7. The zero-order valence-electron chi connectivity index (χ0n) is 18.6. The first-order chi connectivity index (χ1) is 15.7. The summed E-state index contributed by atoms with van der Waals surface area (Å²) < 4.78 is 1.99. The van der Waals surface area contributed by atoms with Gasteiger partial charge in [0.05, 0.1) is 6.20 Å². The normalized spacial score (nSPS) is 15.3. The van der Waals surface area contributed by atoms with E-state index in [1.807, 2.05) is 23.7 Å². The van der Waals surface area contributed by atoms with Gasteiger partial charge in [-0.3, -0.25) is 9.88 Å². The standard InChI is InChI=1S/C24H28N8/c1-3-31-12-14-32(15-13-31)17-18-4-6-20(7-5-18)27-24-26-16-21-23(29-24)30(2)22(28-21)19-8-10-25-11-9-19/h4-11,16H,3,12-15,17H2,1-2H3,(H,26,27,29). The summed E-state index contributed by atoms with van der Waals surface area (Å²) >= 11 is 0. The summed E-state index contributed by atoms with van der Waals surface area (Å²) in [5, 5.41) is 3.32. The quantitative estimate of drug-likeness (QED) is 0.505. The summed E-state index contributed by atoms with van der Waals surface area (Å²) in [4.78, 5) is 22.9. The number of benzene rings is 1. The first-order valence-corrected chi connectivity index (χ1v) is 11.1. The van der Waals surface area contributed by atoms with Gasteiger partial charge in [0.25, 0.3) is 0 Å². The number of nitrogens with one attached hydrogen (secondary N) is 1. The highest BCUT2D eigenvalue weighted by Crippen LogP contribution is 2.23. The SMILES string of the molecule is CCN1CCN(Cc2ccc(Nc3ncc4nc(-c5ccncc5)n(C)c4n3)cc2)CC1. The molecule has 8 heteroatoms. The molecule has 1 aromatic carbocycles. The van der Waals surface area contributed by atoms with E-state index in [9.17, 15) is 0 Å². The predicted molar refractivity (Wildman–Crippen MR) is 127 cm³/mol. The minimum atomic E-state index is 0.560. The predicted octanol–water partition coefficient (Wildman–Crippen LogP) is 3.31. The van der Waals surface area contributed by atoms with Gasteiger partial charge in [0.2, 0.25) is 5.95 Å². The van der Waals surface area contributed by atoms with Gasteiger partial charge in [-0.15, -0.1) is 0 Å². The molecule has 32 heavy (non-hydrogen) atoms. The highest BCUT2D eigenvalue weighted by molar-refractivity contribution is 5.77. The Morgan fingerprint density at radius 2 is 1.62 bits per heavy atom. The number of fused-ring (bicyclic) bond motifs is 1. The number of hydrogen-bond donors (Lipinski definition) is 1. The van der Waals surface area contributed by atoms with Gasteiger partial charge in [-0.05, 0) is 36.4 Å². The monoisotopic (exact) mass is 428 g/mol. The molecule has 1 N–H and O–H groups in total. The lowest BCUT2D eigenvalue weighted by Crippen LogP contribution is -2.45. The fourth-order valence-electron chi connectivity index (χ4n) is 4.15. The first-order valence-electron chi connectivity index (χ1n) is 11.1. The molecule has 0 atom stereocenters. The van der Waals surface area contributed by atoms with Gasteiger partial charge in [0.15, 0.2) is 5.65 Å². The Labute approximate surface area is 188 Å². The van der Waals surface area contributed by atoms with Crippen LogP contribution in [0, 0.1) is 0 Å². The molecule has 4 heterocycles. The van der Waals surface area contributed by atoms with Crippen molar-refractivity contribution in [2.45, 2.75) is 13.5 Å². The number of imidazole rings is 1. The van der Waals surface area contributed by atoms with Crippen LogP contribution < -0.4 is 5.32 Å². The lowest BCUT2D eigenvalue weighted by atomic mass is 10.2. The smallest absolute Gasteiger partial charge is 0.229 e. The van der Waals surface area contributed by atoms with E-state index in [1.54, 1.807) is 18.6 Å². The Morgan fingerprint density at radius 3 is 2.34 bits per heavy atom. The molecular weight excluding hydrogens is 400 g/mol. The van der Waals surface area contributed by atoms with Gasteiger partial charge < -0.3 is 14.8 Å². The fourth-order valence-corrected chi connectivity index (χ4v) is 4.15. The number of hydrogen-bond acceptors (Lipinski definition) is 7. The molecule has 0 aliphatic carbocycles. The Morgan fingerprint density at radius 1 is 0.906 bits per heavy atom. The first kappa shape index (κ1) is 20.5. The molecule has 1 saturated heterocycles. The Hall–Kier alpha value is -3.36. The molecule has 0 radical (unpaired) electrons. The van der Waals surface area contributed by atoms with E-state index >= 15 is 0 Å². The average Bonchev–Trinajstić information content (AvgIpc) is 3.17. The van der Waals surface area contributed by atoms with Crippen molar-refractivity contribution in [3.8, 4) is 11.4 Å². The maximum absolute atomic E-state index is 4.70. The highest BCUT2D eigenvalue weighted by Gasteiger charge is 2.16. The number of rotatable bonds is 6. The second-order valence-electron chi connectivity index (χ2n) is 8.17. The molecule has 0 bridgehead atoms. The number of likely N-dealkylation sites (N-methyl/N-ethyl adjacent to an activating group) is 1. The molecule has 1 fully saturated rings. The van der Waals surface area contributed by atoms with Crippen molar-refractivity contribution >= 4 is 22.8 Å². The van der Waals surface area contributed by atoms with E-state index in [-0.39, 0.29) is 0 Å². The molecule has 164 valence electrons. The molecular formula is C24H28N8. The molecule has 0 amide bonds. The Balaban J connectivity index is 1.28. The second-order valence-corrected chi connectivity index (χ2v) is 8.17. The Bertz CT molecular complexity index is 1180. The molecule has 0 spiro atoms. The van der Waals surface area contributed by atoms with E-state index in [1.165, 1.54) is 5.56 Å². The van der Waals surface area contributed by atoms with Crippen molar-refractivity contribution in [3.63, 3.8) is 0 Å². The maximum atomic E-state index is 4.70. The van der Waals surface area contributed by atoms with Gasteiger partial charge >= 0.3 is 0 Å². The summed E-state index contributed by atoms with van der Waals surface area (Å²) in [6.45, 7) is 8.96. The molecule has 5 rings (SSSR count). The minimum absolute atomic E-state index is 0.560. The number of aryl methyl sites for hydroxylation is 1. The third kappa shape index (κ3) is 4.32. The molecule has 1 aliphatic rings. The molecule has 3 aromatic heterocycles. The van der Waals surface area contributed by atoms with Crippen LogP contribution in [0.2, 0.25) is 0 Å². The molecule has 4 aromatic rings. The maximum Gasteiger partial charge on any atom is 0.229 e. The van der Waals surface area contributed by atoms with Crippen LogP contribution in [-0.2, 0) is 13.6 Å². The van der Waals surface area contributed by atoms with E-state index in [0.717, 1.165) is 67.5 Å². The number of pyridine rings is 1. The zero-order valence-corrected chi connectivity index (χ0v) is 18.6. The number of piperazine rings is 1. The van der Waals surface area contributed by atoms with Crippen LogP contribution in [0.1, 0.15) is 12.5 Å². The third-order valence-electron chi connectivity index (χ3n) is 6.08. The van der Waals surface area contributed by atoms with Crippen molar-refractivity contribution < 1.29 is 0 Å². The van der Waals surface area contributed by atoms with Crippen LogP contribution in [0.4, 0.5) is 11.6 Å². The summed E-state index contributed by atoms with van der Waals surface area (Å²) in [6.07, 6.45) is 5.30. The van der Waals surface area contributed by atoms with Crippen LogP contribution in [0.15, 0.2) is 55.0 Å². The van der Waals surface area contributed by atoms with Crippen molar-refractivity contribution in [3.05, 3.63) is 60.6 Å². The van der Waals surface area contributed by atoms with E-state index in [4.69, 9.17) is 4.98 Å². The highest BCUT2D eigenvalue weighted by atomic mass is 15.3. The second kappa shape index (κ2) is 9.02. The van der Waals surface area contributed by atoms with E-state index < -0.39 is 0 Å². The molecule has 8 nitrogen and oxygen atoms in total. The summed E-state index contributed by atoms with van der Waals surface area (Å²) in [5.41, 5.74) is 4.85. The van der Waals surface area contributed by atoms with Gasteiger partial charge in [-0.2, -0.15) is 4.98 Å². The van der Waals surface area contributed by atoms with Gasteiger partial charge in [-0.25, -0.2) is 9.97 Å². The topological polar surface area (TPSA) is 75.0 Å². The fraction of sp³-hybridized carbons (Fsp3) is 0.333. The average molecular weight is 429 g/mol. The largest absolute Gasteiger partial charge is 0.324 e. The number of aromatic nitrogens is 5. The van der Waals surface area contributed by atoms with Crippen LogP contribution in [0.5, 0.6) is 0 Å². The van der Waals surface area contributed by atoms with Crippen molar-refractivity contribution in [1.82, 2.24) is 34.3 Å². The van der Waals surface area contributed by atoms with Gasteiger partial charge in [0, 0.05) is 63.4 Å². The van der Waals surface area contributed by atoms with E-state index in [2.05, 4.69) is 61.3 Å². The molecule has 0 saturated carbocycles. The van der Waals surface area contributed by atoms with Crippen LogP contribution >= 0.6 is 0 Å². The third-order valence-corrected chi connectivity index (χ3v) is 6.08. The molecule has 1 aliphatic heterocycles. The summed E-state index contributed by atoms with van der Waals surface area (Å²) in [7, 11) is 1.97. The summed E-state index contributed by atoms with van der Waals surface area (Å²) in [6, 6.07) is 12.4. The Kier molecular flexibility index (Phi) is 5.79. The van der Waals surface area contributed by atoms with Gasteiger partial charge in [0.1, 0.15) is 11.3 Å². The van der Waals surface area contributed by atoms with Crippen LogP contribution in [0.3, 0.4) is 0 Å². The van der Waals surface area contributed by atoms with Gasteiger partial charge in [-0.1, -0.05) is 19.1 Å². The minimum Gasteiger partial charge on any atom is -0.324 e. The zero-order chi connectivity index (χ0) is 21.9. The van der Waals surface area contributed by atoms with Crippen molar-refractivity contribution in [2.24, 2.45) is 7.05 Å². The van der Waals surface area contributed by atoms with Crippen LogP contribution in [-0.4, -0.2) is 67.0 Å². The van der Waals surface area contributed by atoms with Crippen LogP contribution in [0.25, 0.3) is 22.6 Å².